The number of hydrogen-bond acceptors (Lipinski definition) is 3. The van der Waals surface area contributed by atoms with Gasteiger partial charge in [-0.25, -0.2) is 0 Å². The minimum atomic E-state index is 0.282. The van der Waals surface area contributed by atoms with E-state index < -0.39 is 0 Å². The lowest BCUT2D eigenvalue weighted by Crippen LogP contribution is -2.25. The minimum absolute atomic E-state index is 0.282. The molecule has 1 aromatic carbocycles. The molecule has 0 amide bonds. The van der Waals surface area contributed by atoms with Crippen LogP contribution in [0.25, 0.3) is 0 Å². The van der Waals surface area contributed by atoms with E-state index in [0.717, 1.165) is 36.6 Å². The lowest BCUT2D eigenvalue weighted by Gasteiger charge is -2.26. The Bertz CT molecular complexity index is 372. The van der Waals surface area contributed by atoms with Crippen LogP contribution in [0.1, 0.15) is 30.9 Å². The zero-order valence-corrected chi connectivity index (χ0v) is 11.4. The maximum absolute atomic E-state index is 8.75. The molecule has 0 saturated carbocycles. The summed E-state index contributed by atoms with van der Waals surface area (Å²) in [5.74, 6) is 1.16. The third-order valence-electron chi connectivity index (χ3n) is 2.99. The maximum atomic E-state index is 8.75. The summed E-state index contributed by atoms with van der Waals surface area (Å²) in [7, 11) is 0. The first kappa shape index (κ1) is 13.2. The molecule has 1 atom stereocenters. The van der Waals surface area contributed by atoms with Crippen molar-refractivity contribution in [1.29, 1.82) is 0 Å². The second kappa shape index (κ2) is 6.64. The van der Waals surface area contributed by atoms with Crippen LogP contribution in [0.2, 0.25) is 5.02 Å². The number of halogens is 1. The molecule has 0 spiro atoms. The summed E-state index contributed by atoms with van der Waals surface area (Å²) >= 11 is 7.96. The molecule has 1 heterocycles. The van der Waals surface area contributed by atoms with Gasteiger partial charge in [-0.3, -0.25) is 0 Å². The molecule has 0 aromatic heterocycles. The van der Waals surface area contributed by atoms with Crippen molar-refractivity contribution in [2.24, 2.45) is 0 Å². The van der Waals surface area contributed by atoms with E-state index in [1.807, 2.05) is 17.8 Å². The van der Waals surface area contributed by atoms with Gasteiger partial charge < -0.3 is 10.4 Å². The fourth-order valence-corrected chi connectivity index (χ4v) is 3.38. The Kier molecular flexibility index (Phi) is 5.16. The van der Waals surface area contributed by atoms with Crippen molar-refractivity contribution in [2.75, 3.05) is 18.9 Å². The average molecular weight is 272 g/mol. The summed E-state index contributed by atoms with van der Waals surface area (Å²) in [5, 5.41) is 13.1. The van der Waals surface area contributed by atoms with Crippen LogP contribution in [-0.4, -0.2) is 24.0 Å². The van der Waals surface area contributed by atoms with Gasteiger partial charge in [-0.05, 0) is 55.3 Å². The Labute approximate surface area is 112 Å². The van der Waals surface area contributed by atoms with E-state index >= 15 is 0 Å². The zero-order chi connectivity index (χ0) is 12.1. The standard InChI is InChI=1S/C13H18ClNOS/c14-10-3-4-13-11(9-10)12(5-8-17-13)15-6-1-2-7-16/h3-4,9,12,15-16H,1-2,5-8H2. The molecule has 2 N–H and O–H groups in total. The van der Waals surface area contributed by atoms with Gasteiger partial charge in [-0.2, -0.15) is 0 Å². The first-order chi connectivity index (χ1) is 8.31. The van der Waals surface area contributed by atoms with Crippen LogP contribution >= 0.6 is 23.4 Å². The van der Waals surface area contributed by atoms with Gasteiger partial charge >= 0.3 is 0 Å². The fourth-order valence-electron chi connectivity index (χ4n) is 2.09. The minimum Gasteiger partial charge on any atom is -0.396 e. The molecule has 1 aliphatic rings. The van der Waals surface area contributed by atoms with Crippen LogP contribution < -0.4 is 5.32 Å². The van der Waals surface area contributed by atoms with Gasteiger partial charge in [0.1, 0.15) is 0 Å². The lowest BCUT2D eigenvalue weighted by molar-refractivity contribution is 0.282. The van der Waals surface area contributed by atoms with Gasteiger partial charge in [0.15, 0.2) is 0 Å². The van der Waals surface area contributed by atoms with Gasteiger partial charge in [-0.15, -0.1) is 11.8 Å². The van der Waals surface area contributed by atoms with E-state index in [1.54, 1.807) is 0 Å². The van der Waals surface area contributed by atoms with Crippen LogP contribution in [-0.2, 0) is 0 Å². The number of aliphatic hydroxyl groups excluding tert-OH is 1. The number of rotatable bonds is 5. The van der Waals surface area contributed by atoms with Crippen molar-refractivity contribution in [3.05, 3.63) is 28.8 Å². The highest BCUT2D eigenvalue weighted by Gasteiger charge is 2.20. The Morgan fingerprint density at radius 3 is 3.12 bits per heavy atom. The molecular weight excluding hydrogens is 254 g/mol. The SMILES string of the molecule is OCCCCNC1CCSc2ccc(Cl)cc21. The zero-order valence-electron chi connectivity index (χ0n) is 9.79. The number of aliphatic hydroxyl groups is 1. The Balaban J connectivity index is 1.98. The summed E-state index contributed by atoms with van der Waals surface area (Å²) in [6.45, 7) is 1.24. The van der Waals surface area contributed by atoms with Crippen LogP contribution in [0.15, 0.2) is 23.1 Å². The fraction of sp³-hybridized carbons (Fsp3) is 0.538. The van der Waals surface area contributed by atoms with E-state index in [9.17, 15) is 0 Å². The second-order valence-electron chi connectivity index (χ2n) is 4.26. The molecule has 1 aliphatic heterocycles. The molecule has 0 saturated heterocycles. The lowest BCUT2D eigenvalue weighted by atomic mass is 10.0. The molecule has 0 radical (unpaired) electrons. The van der Waals surface area contributed by atoms with E-state index in [2.05, 4.69) is 17.4 Å². The summed E-state index contributed by atoms with van der Waals surface area (Å²) < 4.78 is 0. The smallest absolute Gasteiger partial charge is 0.0431 e. The first-order valence-corrected chi connectivity index (χ1v) is 7.44. The normalized spacial score (nSPS) is 19.1. The first-order valence-electron chi connectivity index (χ1n) is 6.08. The highest BCUT2D eigenvalue weighted by atomic mass is 35.5. The van der Waals surface area contributed by atoms with Gasteiger partial charge in [0, 0.05) is 22.6 Å². The Morgan fingerprint density at radius 2 is 2.29 bits per heavy atom. The third kappa shape index (κ3) is 3.62. The van der Waals surface area contributed by atoms with Crippen molar-refractivity contribution in [3.8, 4) is 0 Å². The van der Waals surface area contributed by atoms with Crippen molar-refractivity contribution < 1.29 is 5.11 Å². The predicted molar refractivity (Wildman–Crippen MR) is 73.9 cm³/mol. The number of fused-ring (bicyclic) bond motifs is 1. The molecular formula is C13H18ClNOS. The maximum Gasteiger partial charge on any atom is 0.0431 e. The van der Waals surface area contributed by atoms with Gasteiger partial charge in [-0.1, -0.05) is 11.6 Å². The second-order valence-corrected chi connectivity index (χ2v) is 5.83. The summed E-state index contributed by atoms with van der Waals surface area (Å²) in [6, 6.07) is 6.57. The molecule has 0 bridgehead atoms. The molecule has 1 aromatic rings. The van der Waals surface area contributed by atoms with Crippen LogP contribution in [0.3, 0.4) is 0 Å². The summed E-state index contributed by atoms with van der Waals surface area (Å²) in [5.41, 5.74) is 1.33. The van der Waals surface area contributed by atoms with E-state index in [1.165, 1.54) is 10.5 Å². The highest BCUT2D eigenvalue weighted by molar-refractivity contribution is 7.99. The quantitative estimate of drug-likeness (QED) is 0.807. The van der Waals surface area contributed by atoms with Crippen molar-refractivity contribution in [1.82, 2.24) is 5.32 Å². The van der Waals surface area contributed by atoms with Crippen molar-refractivity contribution >= 4 is 23.4 Å². The number of nitrogens with one attached hydrogen (secondary N) is 1. The van der Waals surface area contributed by atoms with E-state index in [-0.39, 0.29) is 6.61 Å². The molecule has 2 nitrogen and oxygen atoms in total. The van der Waals surface area contributed by atoms with E-state index in [4.69, 9.17) is 16.7 Å². The van der Waals surface area contributed by atoms with Gasteiger partial charge in [0.2, 0.25) is 0 Å². The summed E-state index contributed by atoms with van der Waals surface area (Å²) in [4.78, 5) is 1.35. The van der Waals surface area contributed by atoms with Gasteiger partial charge in [0.25, 0.3) is 0 Å². The van der Waals surface area contributed by atoms with E-state index in [0.29, 0.717) is 6.04 Å². The number of hydrogen-bond donors (Lipinski definition) is 2. The van der Waals surface area contributed by atoms with Crippen LogP contribution in [0, 0.1) is 0 Å². The third-order valence-corrected chi connectivity index (χ3v) is 4.34. The van der Waals surface area contributed by atoms with Gasteiger partial charge in [0.05, 0.1) is 0 Å². The largest absolute Gasteiger partial charge is 0.396 e. The molecule has 94 valence electrons. The Morgan fingerprint density at radius 1 is 1.41 bits per heavy atom. The Hall–Kier alpha value is -0.220. The number of benzene rings is 1. The van der Waals surface area contributed by atoms with Crippen LogP contribution in [0.5, 0.6) is 0 Å². The molecule has 0 aliphatic carbocycles. The highest BCUT2D eigenvalue weighted by Crippen LogP contribution is 2.37. The molecule has 1 unspecified atom stereocenters. The topological polar surface area (TPSA) is 32.3 Å². The molecule has 2 rings (SSSR count). The predicted octanol–water partition coefficient (Wildman–Crippen LogP) is 3.24. The number of thioether (sulfide) groups is 1. The summed E-state index contributed by atoms with van der Waals surface area (Å²) in [6.07, 6.45) is 3.05. The van der Waals surface area contributed by atoms with Crippen LogP contribution in [0.4, 0.5) is 0 Å². The van der Waals surface area contributed by atoms with Crippen molar-refractivity contribution in [2.45, 2.75) is 30.2 Å². The monoisotopic (exact) mass is 271 g/mol. The molecule has 17 heavy (non-hydrogen) atoms. The van der Waals surface area contributed by atoms with Crippen molar-refractivity contribution in [3.63, 3.8) is 0 Å². The average Bonchev–Trinajstić information content (AvgIpc) is 2.35. The molecule has 0 fully saturated rings. The number of unbranched alkanes of at least 4 members (excludes halogenated alkanes) is 1. The molecule has 4 heteroatoms.